The van der Waals surface area contributed by atoms with E-state index in [4.69, 9.17) is 10.5 Å². The molecule has 0 aliphatic heterocycles. The zero-order chi connectivity index (χ0) is 15.1. The van der Waals surface area contributed by atoms with Gasteiger partial charge in [-0.3, -0.25) is 4.99 Å². The van der Waals surface area contributed by atoms with Crippen molar-refractivity contribution < 1.29 is 4.74 Å². The molecule has 1 atom stereocenters. The third kappa shape index (κ3) is 5.22. The van der Waals surface area contributed by atoms with Crippen LogP contribution in [0.5, 0.6) is 5.75 Å². The van der Waals surface area contributed by atoms with Crippen LogP contribution >= 0.6 is 24.0 Å². The smallest absolute Gasteiger partial charge is 0.193 e. The number of nitrogens with two attached hydrogens (primary N) is 1. The number of nitrogens with one attached hydrogen (secondary N) is 1. The van der Waals surface area contributed by atoms with Crippen LogP contribution < -0.4 is 15.8 Å². The van der Waals surface area contributed by atoms with Gasteiger partial charge in [0, 0.05) is 18.2 Å². The van der Waals surface area contributed by atoms with Gasteiger partial charge in [0.2, 0.25) is 0 Å². The van der Waals surface area contributed by atoms with Crippen molar-refractivity contribution in [1.82, 2.24) is 0 Å². The number of anilines is 1. The summed E-state index contributed by atoms with van der Waals surface area (Å²) in [6, 6.07) is 17.7. The van der Waals surface area contributed by atoms with Crippen LogP contribution in [-0.4, -0.2) is 19.6 Å². The fourth-order valence-corrected chi connectivity index (χ4v) is 2.12. The number of nitrogens with zero attached hydrogens (tertiary/aromatic N) is 1. The van der Waals surface area contributed by atoms with Crippen molar-refractivity contribution in [1.29, 1.82) is 0 Å². The Hall–Kier alpha value is -1.76. The first kappa shape index (κ1) is 18.3. The maximum Gasteiger partial charge on any atom is 0.193 e. The Morgan fingerprint density at radius 2 is 1.77 bits per heavy atom. The molecule has 0 radical (unpaired) electrons. The highest BCUT2D eigenvalue weighted by Crippen LogP contribution is 2.26. The fourth-order valence-electron chi connectivity index (χ4n) is 2.12. The summed E-state index contributed by atoms with van der Waals surface area (Å²) >= 11 is 0. The molecule has 0 fully saturated rings. The number of halogens is 1. The summed E-state index contributed by atoms with van der Waals surface area (Å²) in [6.45, 7) is 2.71. The van der Waals surface area contributed by atoms with E-state index >= 15 is 0 Å². The Bertz CT molecular complexity index is 602. The average Bonchev–Trinajstić information content (AvgIpc) is 2.53. The summed E-state index contributed by atoms with van der Waals surface area (Å²) in [5.74, 6) is 1.54. The third-order valence-electron chi connectivity index (χ3n) is 3.25. The summed E-state index contributed by atoms with van der Waals surface area (Å²) in [5.41, 5.74) is 7.98. The Labute approximate surface area is 148 Å². The van der Waals surface area contributed by atoms with Gasteiger partial charge in [-0.1, -0.05) is 43.3 Å². The molecule has 4 nitrogen and oxygen atoms in total. The van der Waals surface area contributed by atoms with Crippen LogP contribution in [0.15, 0.2) is 59.6 Å². The second-order valence-corrected chi connectivity index (χ2v) is 4.86. The van der Waals surface area contributed by atoms with Crippen molar-refractivity contribution in [3.63, 3.8) is 0 Å². The van der Waals surface area contributed by atoms with Crippen LogP contribution in [0.1, 0.15) is 18.4 Å². The van der Waals surface area contributed by atoms with Crippen molar-refractivity contribution >= 4 is 35.6 Å². The molecule has 2 rings (SSSR count). The van der Waals surface area contributed by atoms with Crippen LogP contribution in [0.2, 0.25) is 0 Å². The summed E-state index contributed by atoms with van der Waals surface area (Å²) in [5, 5.41) is 3.07. The van der Waals surface area contributed by atoms with E-state index in [1.807, 2.05) is 48.5 Å². The van der Waals surface area contributed by atoms with Crippen molar-refractivity contribution in [2.45, 2.75) is 12.8 Å². The molecule has 1 unspecified atom stereocenters. The molecule has 2 aromatic carbocycles. The topological polar surface area (TPSA) is 59.6 Å². The highest BCUT2D eigenvalue weighted by Gasteiger charge is 2.10. The second-order valence-electron chi connectivity index (χ2n) is 4.86. The highest BCUT2D eigenvalue weighted by molar-refractivity contribution is 14.0. The van der Waals surface area contributed by atoms with Gasteiger partial charge in [-0.15, -0.1) is 24.0 Å². The summed E-state index contributed by atoms with van der Waals surface area (Å²) in [7, 11) is 1.68. The summed E-state index contributed by atoms with van der Waals surface area (Å²) in [6.07, 6.45) is 0. The molecule has 0 aromatic heterocycles. The predicted molar refractivity (Wildman–Crippen MR) is 103 cm³/mol. The lowest BCUT2D eigenvalue weighted by Crippen LogP contribution is -2.23. The maximum atomic E-state index is 5.91. The minimum Gasteiger partial charge on any atom is -0.496 e. The second kappa shape index (κ2) is 9.30. The molecule has 22 heavy (non-hydrogen) atoms. The number of para-hydroxylation sites is 2. The highest BCUT2D eigenvalue weighted by atomic mass is 127. The lowest BCUT2D eigenvalue weighted by molar-refractivity contribution is 0.407. The van der Waals surface area contributed by atoms with E-state index in [2.05, 4.69) is 23.3 Å². The molecule has 0 amide bonds. The number of aliphatic imine (C=N–C) groups is 1. The molecule has 118 valence electrons. The van der Waals surface area contributed by atoms with E-state index in [0.717, 1.165) is 17.0 Å². The van der Waals surface area contributed by atoms with Crippen molar-refractivity contribution in [2.75, 3.05) is 19.0 Å². The van der Waals surface area contributed by atoms with Gasteiger partial charge in [0.25, 0.3) is 0 Å². The van der Waals surface area contributed by atoms with Gasteiger partial charge < -0.3 is 15.8 Å². The molecule has 0 aliphatic rings. The SMILES string of the molecule is COc1ccccc1C(C)CN=C(N)Nc1ccccc1.I. The number of hydrogen-bond acceptors (Lipinski definition) is 2. The standard InChI is InChI=1S/C17H21N3O.HI/c1-13(15-10-6-7-11-16(15)21-2)12-19-17(18)20-14-8-4-3-5-9-14;/h3-11,13H,12H2,1-2H3,(H3,18,19,20);1H. The number of rotatable bonds is 5. The number of hydrogen-bond donors (Lipinski definition) is 2. The fraction of sp³-hybridized carbons (Fsp3) is 0.235. The largest absolute Gasteiger partial charge is 0.496 e. The zero-order valence-electron chi connectivity index (χ0n) is 12.8. The lowest BCUT2D eigenvalue weighted by Gasteiger charge is -2.14. The number of ether oxygens (including phenoxy) is 1. The summed E-state index contributed by atoms with van der Waals surface area (Å²) in [4.78, 5) is 4.40. The van der Waals surface area contributed by atoms with Gasteiger partial charge in [0.1, 0.15) is 5.75 Å². The van der Waals surface area contributed by atoms with Crippen LogP contribution in [-0.2, 0) is 0 Å². The monoisotopic (exact) mass is 411 g/mol. The first-order valence-corrected chi connectivity index (χ1v) is 6.95. The van der Waals surface area contributed by atoms with E-state index in [1.165, 1.54) is 0 Å². The molecule has 2 aromatic rings. The first-order chi connectivity index (χ1) is 10.2. The Kier molecular flexibility index (Phi) is 7.73. The predicted octanol–water partition coefficient (Wildman–Crippen LogP) is 3.84. The van der Waals surface area contributed by atoms with E-state index < -0.39 is 0 Å². The molecule has 3 N–H and O–H groups in total. The molecular weight excluding hydrogens is 389 g/mol. The van der Waals surface area contributed by atoms with Gasteiger partial charge in [-0.2, -0.15) is 0 Å². The zero-order valence-corrected chi connectivity index (χ0v) is 15.2. The Balaban J connectivity index is 0.00000242. The lowest BCUT2D eigenvalue weighted by atomic mass is 10.0. The molecular formula is C17H22IN3O. The van der Waals surface area contributed by atoms with Gasteiger partial charge >= 0.3 is 0 Å². The van der Waals surface area contributed by atoms with Crippen LogP contribution in [0.3, 0.4) is 0 Å². The van der Waals surface area contributed by atoms with Gasteiger partial charge in [-0.25, -0.2) is 0 Å². The van der Waals surface area contributed by atoms with Gasteiger partial charge in [0.15, 0.2) is 5.96 Å². The minimum atomic E-state index is 0. The van der Waals surface area contributed by atoms with Crippen LogP contribution in [0.25, 0.3) is 0 Å². The van der Waals surface area contributed by atoms with Crippen LogP contribution in [0.4, 0.5) is 5.69 Å². The maximum absolute atomic E-state index is 5.91. The van der Waals surface area contributed by atoms with Gasteiger partial charge in [0.05, 0.1) is 7.11 Å². The number of guanidine groups is 1. The molecule has 0 saturated carbocycles. The average molecular weight is 411 g/mol. The number of benzene rings is 2. The quantitative estimate of drug-likeness (QED) is 0.447. The molecule has 5 heteroatoms. The first-order valence-electron chi connectivity index (χ1n) is 6.95. The third-order valence-corrected chi connectivity index (χ3v) is 3.25. The van der Waals surface area contributed by atoms with E-state index in [0.29, 0.717) is 12.5 Å². The van der Waals surface area contributed by atoms with Crippen LogP contribution in [0, 0.1) is 0 Å². The van der Waals surface area contributed by atoms with E-state index in [-0.39, 0.29) is 29.9 Å². The molecule has 0 saturated heterocycles. The molecule has 0 aliphatic carbocycles. The van der Waals surface area contributed by atoms with Gasteiger partial charge in [-0.05, 0) is 23.8 Å². The van der Waals surface area contributed by atoms with Crippen molar-refractivity contribution in [3.05, 3.63) is 60.2 Å². The van der Waals surface area contributed by atoms with Crippen molar-refractivity contribution in [2.24, 2.45) is 10.7 Å². The minimum absolute atomic E-state index is 0. The number of methoxy groups -OCH3 is 1. The van der Waals surface area contributed by atoms with E-state index in [9.17, 15) is 0 Å². The molecule has 0 heterocycles. The normalized spacial score (nSPS) is 12.2. The Morgan fingerprint density at radius 1 is 1.14 bits per heavy atom. The van der Waals surface area contributed by atoms with E-state index in [1.54, 1.807) is 7.11 Å². The summed E-state index contributed by atoms with van der Waals surface area (Å²) < 4.78 is 5.37. The molecule has 0 spiro atoms. The molecule has 0 bridgehead atoms. The Morgan fingerprint density at radius 3 is 2.45 bits per heavy atom. The van der Waals surface area contributed by atoms with Crippen molar-refractivity contribution in [3.8, 4) is 5.75 Å².